The first kappa shape index (κ1) is 11.8. The number of carbonyl (C=O) groups is 1. The topological polar surface area (TPSA) is 58.1 Å². The van der Waals surface area contributed by atoms with E-state index in [4.69, 9.17) is 0 Å². The molecular formula is C12H16N4OS. The second kappa shape index (κ2) is 4.76. The fraction of sp³-hybridized carbons (Fsp3) is 0.583. The molecule has 2 aliphatic heterocycles. The van der Waals surface area contributed by atoms with Crippen molar-refractivity contribution in [2.24, 2.45) is 0 Å². The number of hydrogen-bond acceptors (Lipinski definition) is 5. The van der Waals surface area contributed by atoms with E-state index >= 15 is 0 Å². The number of hydrogen-bond donors (Lipinski definition) is 1. The summed E-state index contributed by atoms with van der Waals surface area (Å²) in [5, 5.41) is 2.91. The lowest BCUT2D eigenvalue weighted by Crippen LogP contribution is -2.38. The van der Waals surface area contributed by atoms with Crippen molar-refractivity contribution < 1.29 is 4.79 Å². The number of nitrogens with one attached hydrogen (secondary N) is 1. The van der Waals surface area contributed by atoms with Gasteiger partial charge in [0.05, 0.1) is 17.8 Å². The molecule has 96 valence electrons. The highest BCUT2D eigenvalue weighted by Crippen LogP contribution is 2.29. The van der Waals surface area contributed by atoms with E-state index < -0.39 is 0 Å². The first-order valence-corrected chi connectivity index (χ1v) is 7.37. The summed E-state index contributed by atoms with van der Waals surface area (Å²) in [6, 6.07) is 0.381. The van der Waals surface area contributed by atoms with Crippen molar-refractivity contribution in [3.63, 3.8) is 0 Å². The van der Waals surface area contributed by atoms with E-state index in [9.17, 15) is 4.79 Å². The zero-order valence-corrected chi connectivity index (χ0v) is 11.2. The van der Waals surface area contributed by atoms with Crippen LogP contribution >= 0.6 is 11.8 Å². The number of amides is 1. The van der Waals surface area contributed by atoms with Crippen LogP contribution in [0.1, 0.15) is 28.9 Å². The highest BCUT2D eigenvalue weighted by molar-refractivity contribution is 7.99. The molecule has 0 atom stereocenters. The number of anilines is 1. The first-order valence-electron chi connectivity index (χ1n) is 6.22. The fourth-order valence-electron chi connectivity index (χ4n) is 2.52. The Balaban J connectivity index is 1.83. The molecule has 18 heavy (non-hydrogen) atoms. The van der Waals surface area contributed by atoms with Gasteiger partial charge < -0.3 is 10.2 Å². The summed E-state index contributed by atoms with van der Waals surface area (Å²) in [6.45, 7) is 0.640. The lowest BCUT2D eigenvalue weighted by atomic mass is 10.1. The van der Waals surface area contributed by atoms with E-state index in [0.717, 1.165) is 30.0 Å². The van der Waals surface area contributed by atoms with Gasteiger partial charge in [0, 0.05) is 19.3 Å². The molecule has 1 fully saturated rings. The summed E-state index contributed by atoms with van der Waals surface area (Å²) in [5.74, 6) is 2.99. The van der Waals surface area contributed by atoms with Gasteiger partial charge in [-0.05, 0) is 24.3 Å². The molecule has 0 spiro atoms. The van der Waals surface area contributed by atoms with Gasteiger partial charge >= 0.3 is 0 Å². The van der Waals surface area contributed by atoms with Crippen molar-refractivity contribution in [1.82, 2.24) is 14.9 Å². The van der Waals surface area contributed by atoms with E-state index in [1.807, 2.05) is 16.7 Å². The van der Waals surface area contributed by atoms with Gasteiger partial charge in [0.2, 0.25) is 5.95 Å². The number of fused-ring (bicyclic) bond motifs is 1. The second-order valence-corrected chi connectivity index (χ2v) is 5.81. The van der Waals surface area contributed by atoms with Crippen molar-refractivity contribution in [3.05, 3.63) is 17.5 Å². The van der Waals surface area contributed by atoms with Crippen LogP contribution in [0.15, 0.2) is 6.20 Å². The molecule has 3 heterocycles. The van der Waals surface area contributed by atoms with Crippen molar-refractivity contribution in [3.8, 4) is 0 Å². The zero-order chi connectivity index (χ0) is 12.5. The lowest BCUT2D eigenvalue weighted by molar-refractivity contribution is 0.0692. The normalized spacial score (nSPS) is 20.1. The molecule has 6 heteroatoms. The van der Waals surface area contributed by atoms with Gasteiger partial charge in [-0.25, -0.2) is 9.97 Å². The Morgan fingerprint density at radius 1 is 1.44 bits per heavy atom. The maximum atomic E-state index is 12.3. The van der Waals surface area contributed by atoms with E-state index in [1.54, 1.807) is 13.2 Å². The maximum Gasteiger partial charge on any atom is 0.257 e. The molecule has 0 saturated carbocycles. The predicted molar refractivity (Wildman–Crippen MR) is 71.8 cm³/mol. The zero-order valence-electron chi connectivity index (χ0n) is 10.3. The molecule has 1 N–H and O–H groups in total. The summed E-state index contributed by atoms with van der Waals surface area (Å²) in [4.78, 5) is 22.8. The Kier molecular flexibility index (Phi) is 3.11. The Hall–Kier alpha value is -1.30. The van der Waals surface area contributed by atoms with Gasteiger partial charge in [-0.1, -0.05) is 0 Å². The summed E-state index contributed by atoms with van der Waals surface area (Å²) < 4.78 is 0. The molecule has 1 aromatic heterocycles. The number of thioether (sulfide) groups is 1. The number of nitrogens with zero attached hydrogens (tertiary/aromatic N) is 3. The molecule has 1 aromatic rings. The van der Waals surface area contributed by atoms with Crippen LogP contribution in [0, 0.1) is 0 Å². The van der Waals surface area contributed by atoms with E-state index in [0.29, 0.717) is 24.1 Å². The van der Waals surface area contributed by atoms with E-state index in [2.05, 4.69) is 15.3 Å². The number of aromatic nitrogens is 2. The molecule has 3 rings (SSSR count). The molecule has 1 amide bonds. The summed E-state index contributed by atoms with van der Waals surface area (Å²) in [5.41, 5.74) is 1.53. The third-order valence-electron chi connectivity index (χ3n) is 3.53. The average Bonchev–Trinajstić information content (AvgIpc) is 2.76. The van der Waals surface area contributed by atoms with Gasteiger partial charge in [-0.15, -0.1) is 0 Å². The van der Waals surface area contributed by atoms with Gasteiger partial charge in [-0.3, -0.25) is 4.79 Å². The highest BCUT2D eigenvalue weighted by Gasteiger charge is 2.34. The van der Waals surface area contributed by atoms with Crippen LogP contribution in [0.3, 0.4) is 0 Å². The lowest BCUT2D eigenvalue weighted by Gasteiger charge is -2.30. The second-order valence-electron chi connectivity index (χ2n) is 4.58. The molecular weight excluding hydrogens is 248 g/mol. The van der Waals surface area contributed by atoms with Crippen molar-refractivity contribution in [2.45, 2.75) is 25.4 Å². The summed E-state index contributed by atoms with van der Waals surface area (Å²) in [7, 11) is 1.79. The molecule has 0 bridgehead atoms. The molecule has 2 aliphatic rings. The molecule has 1 saturated heterocycles. The summed E-state index contributed by atoms with van der Waals surface area (Å²) in [6.07, 6.45) is 3.83. The Labute approximate surface area is 110 Å². The Bertz CT molecular complexity index is 473. The van der Waals surface area contributed by atoms with E-state index in [-0.39, 0.29) is 5.91 Å². The average molecular weight is 264 g/mol. The predicted octanol–water partition coefficient (Wildman–Crippen LogP) is 1.37. The van der Waals surface area contributed by atoms with Crippen LogP contribution in [-0.2, 0) is 6.54 Å². The Morgan fingerprint density at radius 3 is 2.94 bits per heavy atom. The van der Waals surface area contributed by atoms with Gasteiger partial charge in [0.1, 0.15) is 0 Å². The van der Waals surface area contributed by atoms with Crippen LogP contribution in [0.2, 0.25) is 0 Å². The third kappa shape index (κ3) is 1.94. The monoisotopic (exact) mass is 264 g/mol. The molecule has 0 unspecified atom stereocenters. The van der Waals surface area contributed by atoms with Gasteiger partial charge in [0.15, 0.2) is 0 Å². The first-order chi connectivity index (χ1) is 8.79. The highest BCUT2D eigenvalue weighted by atomic mass is 32.2. The van der Waals surface area contributed by atoms with Gasteiger partial charge in [0.25, 0.3) is 5.91 Å². The third-order valence-corrected chi connectivity index (χ3v) is 4.58. The minimum Gasteiger partial charge on any atom is -0.357 e. The van der Waals surface area contributed by atoms with Crippen LogP contribution in [-0.4, -0.2) is 45.4 Å². The van der Waals surface area contributed by atoms with Crippen LogP contribution in [0.5, 0.6) is 0 Å². The van der Waals surface area contributed by atoms with Crippen molar-refractivity contribution >= 4 is 23.6 Å². The van der Waals surface area contributed by atoms with Crippen molar-refractivity contribution in [2.75, 3.05) is 23.9 Å². The SMILES string of the molecule is CNc1ncc2c(n1)CN(C1CCSCC1)C2=O. The standard InChI is InChI=1S/C12H16N4OS/c1-13-12-14-6-9-10(15-12)7-16(11(9)17)8-2-4-18-5-3-8/h6,8H,2-5,7H2,1H3,(H,13,14,15). The molecule has 0 radical (unpaired) electrons. The number of carbonyl (C=O) groups excluding carboxylic acids is 1. The van der Waals surface area contributed by atoms with Crippen LogP contribution in [0.4, 0.5) is 5.95 Å². The van der Waals surface area contributed by atoms with Crippen molar-refractivity contribution in [1.29, 1.82) is 0 Å². The molecule has 0 aromatic carbocycles. The smallest absolute Gasteiger partial charge is 0.257 e. The maximum absolute atomic E-state index is 12.3. The minimum atomic E-state index is 0.101. The van der Waals surface area contributed by atoms with Crippen LogP contribution in [0.25, 0.3) is 0 Å². The quantitative estimate of drug-likeness (QED) is 0.874. The molecule has 5 nitrogen and oxygen atoms in total. The fourth-order valence-corrected chi connectivity index (χ4v) is 3.60. The van der Waals surface area contributed by atoms with E-state index in [1.165, 1.54) is 0 Å². The summed E-state index contributed by atoms with van der Waals surface area (Å²) >= 11 is 1.97. The Morgan fingerprint density at radius 2 is 2.22 bits per heavy atom. The molecule has 0 aliphatic carbocycles. The van der Waals surface area contributed by atoms with Crippen LogP contribution < -0.4 is 5.32 Å². The minimum absolute atomic E-state index is 0.101. The van der Waals surface area contributed by atoms with Gasteiger partial charge in [-0.2, -0.15) is 11.8 Å². The largest absolute Gasteiger partial charge is 0.357 e. The number of rotatable bonds is 2.